The van der Waals surface area contributed by atoms with E-state index in [1.807, 2.05) is 6.92 Å². The molecule has 0 bridgehead atoms. The van der Waals surface area contributed by atoms with Gasteiger partial charge in [0.15, 0.2) is 0 Å². The average Bonchev–Trinajstić information content (AvgIpc) is 2.37. The third-order valence-corrected chi connectivity index (χ3v) is 3.12. The minimum atomic E-state index is -0.361. The third-order valence-electron chi connectivity index (χ3n) is 2.57. The molecule has 6 heteroatoms. The highest BCUT2D eigenvalue weighted by molar-refractivity contribution is 7.80. The Morgan fingerprint density at radius 2 is 2.21 bits per heavy atom. The molecular formula is C13H18ClN3OS. The van der Waals surface area contributed by atoms with E-state index < -0.39 is 0 Å². The number of rotatable bonds is 6. The second-order valence-electron chi connectivity index (χ2n) is 4.22. The molecule has 0 radical (unpaired) electrons. The van der Waals surface area contributed by atoms with Crippen LogP contribution in [0.5, 0.6) is 0 Å². The second kappa shape index (κ2) is 7.31. The first-order chi connectivity index (χ1) is 8.95. The lowest BCUT2D eigenvalue weighted by Crippen LogP contribution is -2.37. The molecule has 1 amide bonds. The van der Waals surface area contributed by atoms with E-state index in [-0.39, 0.29) is 11.9 Å². The maximum absolute atomic E-state index is 11.7. The molecule has 1 aromatic rings. The molecule has 0 heterocycles. The third kappa shape index (κ3) is 4.69. The topological polar surface area (TPSA) is 67.2 Å². The fraction of sp³-hybridized carbons (Fsp3) is 0.385. The molecule has 0 spiro atoms. The van der Waals surface area contributed by atoms with Crippen LogP contribution in [0.4, 0.5) is 5.69 Å². The summed E-state index contributed by atoms with van der Waals surface area (Å²) in [6.45, 7) is 4.45. The number of hydrogen-bond acceptors (Lipinski definition) is 3. The first-order valence-electron chi connectivity index (χ1n) is 6.09. The van der Waals surface area contributed by atoms with Gasteiger partial charge in [-0.05, 0) is 31.5 Å². The molecule has 0 aromatic heterocycles. The summed E-state index contributed by atoms with van der Waals surface area (Å²) >= 11 is 11.0. The first-order valence-corrected chi connectivity index (χ1v) is 6.88. The minimum absolute atomic E-state index is 0.0589. The van der Waals surface area contributed by atoms with Crippen LogP contribution in [0.15, 0.2) is 18.2 Å². The summed E-state index contributed by atoms with van der Waals surface area (Å²) in [5.41, 5.74) is 6.91. The van der Waals surface area contributed by atoms with Gasteiger partial charge in [0.25, 0.3) is 0 Å². The van der Waals surface area contributed by atoms with Gasteiger partial charge in [0.1, 0.15) is 11.0 Å². The monoisotopic (exact) mass is 299 g/mol. The van der Waals surface area contributed by atoms with Crippen LogP contribution >= 0.6 is 23.8 Å². The van der Waals surface area contributed by atoms with Crippen LogP contribution in [0, 0.1) is 0 Å². The van der Waals surface area contributed by atoms with E-state index in [2.05, 4.69) is 10.6 Å². The fourth-order valence-electron chi connectivity index (χ4n) is 1.49. The van der Waals surface area contributed by atoms with Crippen molar-refractivity contribution in [3.05, 3.63) is 28.8 Å². The van der Waals surface area contributed by atoms with E-state index in [1.54, 1.807) is 25.1 Å². The molecular weight excluding hydrogens is 282 g/mol. The summed E-state index contributed by atoms with van der Waals surface area (Å²) in [6.07, 6.45) is 0.905. The molecule has 4 nitrogen and oxygen atoms in total. The van der Waals surface area contributed by atoms with Crippen LogP contribution in [-0.4, -0.2) is 23.5 Å². The van der Waals surface area contributed by atoms with Crippen molar-refractivity contribution < 1.29 is 4.79 Å². The van der Waals surface area contributed by atoms with Gasteiger partial charge in [-0.15, -0.1) is 0 Å². The highest BCUT2D eigenvalue weighted by Gasteiger charge is 2.13. The van der Waals surface area contributed by atoms with E-state index >= 15 is 0 Å². The molecule has 0 saturated carbocycles. The standard InChI is InChI=1S/C13H18ClN3OS/c1-3-6-16-13(18)8(2)17-11-5-4-9(12(15)19)7-10(11)14/h4-5,7-8,17H,3,6H2,1-2H3,(H2,15,19)(H,16,18). The Bertz CT molecular complexity index is 479. The Morgan fingerprint density at radius 1 is 1.53 bits per heavy atom. The van der Waals surface area contributed by atoms with Gasteiger partial charge in [0.05, 0.1) is 10.7 Å². The Balaban J connectivity index is 2.71. The SMILES string of the molecule is CCCNC(=O)C(C)Nc1ccc(C(N)=S)cc1Cl. The van der Waals surface area contributed by atoms with Gasteiger partial charge < -0.3 is 16.4 Å². The van der Waals surface area contributed by atoms with Gasteiger partial charge in [0.2, 0.25) is 5.91 Å². The Hall–Kier alpha value is -1.33. The Morgan fingerprint density at radius 3 is 2.74 bits per heavy atom. The van der Waals surface area contributed by atoms with E-state index in [0.29, 0.717) is 27.8 Å². The molecule has 0 aliphatic heterocycles. The molecule has 0 saturated heterocycles. The van der Waals surface area contributed by atoms with Crippen molar-refractivity contribution >= 4 is 40.4 Å². The smallest absolute Gasteiger partial charge is 0.242 e. The van der Waals surface area contributed by atoms with Crippen molar-refractivity contribution in [2.75, 3.05) is 11.9 Å². The van der Waals surface area contributed by atoms with Crippen molar-refractivity contribution in [2.45, 2.75) is 26.3 Å². The molecule has 19 heavy (non-hydrogen) atoms. The predicted molar refractivity (Wildman–Crippen MR) is 83.7 cm³/mol. The maximum atomic E-state index is 11.7. The van der Waals surface area contributed by atoms with Crippen LogP contribution < -0.4 is 16.4 Å². The lowest BCUT2D eigenvalue weighted by atomic mass is 10.2. The highest BCUT2D eigenvalue weighted by atomic mass is 35.5. The number of halogens is 1. The van der Waals surface area contributed by atoms with Gasteiger partial charge in [-0.1, -0.05) is 30.7 Å². The van der Waals surface area contributed by atoms with Crippen LogP contribution in [0.1, 0.15) is 25.8 Å². The summed E-state index contributed by atoms with van der Waals surface area (Å²) in [4.78, 5) is 12.0. The molecule has 0 fully saturated rings. The molecule has 4 N–H and O–H groups in total. The van der Waals surface area contributed by atoms with Gasteiger partial charge in [-0.2, -0.15) is 0 Å². The summed E-state index contributed by atoms with van der Waals surface area (Å²) in [7, 11) is 0. The van der Waals surface area contributed by atoms with Gasteiger partial charge in [0, 0.05) is 12.1 Å². The maximum Gasteiger partial charge on any atom is 0.242 e. The zero-order valence-corrected chi connectivity index (χ0v) is 12.6. The Kier molecular flexibility index (Phi) is 6.05. The molecule has 0 aliphatic carbocycles. The summed E-state index contributed by atoms with van der Waals surface area (Å²) in [6, 6.07) is 4.86. The normalized spacial score (nSPS) is 11.7. The summed E-state index contributed by atoms with van der Waals surface area (Å²) in [5.74, 6) is -0.0589. The van der Waals surface area contributed by atoms with Crippen molar-refractivity contribution in [1.82, 2.24) is 5.32 Å². The summed E-state index contributed by atoms with van der Waals surface area (Å²) in [5, 5.41) is 6.36. The van der Waals surface area contributed by atoms with Crippen molar-refractivity contribution in [2.24, 2.45) is 5.73 Å². The van der Waals surface area contributed by atoms with Crippen LogP contribution in [-0.2, 0) is 4.79 Å². The Labute approximate surface area is 123 Å². The number of amides is 1. The van der Waals surface area contributed by atoms with Crippen LogP contribution in [0.25, 0.3) is 0 Å². The second-order valence-corrected chi connectivity index (χ2v) is 5.06. The van der Waals surface area contributed by atoms with Gasteiger partial charge in [-0.25, -0.2) is 0 Å². The minimum Gasteiger partial charge on any atom is -0.389 e. The first kappa shape index (κ1) is 15.7. The zero-order valence-electron chi connectivity index (χ0n) is 11.0. The molecule has 0 aliphatic rings. The van der Waals surface area contributed by atoms with Gasteiger partial charge >= 0.3 is 0 Å². The number of anilines is 1. The lowest BCUT2D eigenvalue weighted by molar-refractivity contribution is -0.121. The number of hydrogen-bond donors (Lipinski definition) is 3. The molecule has 1 unspecified atom stereocenters. The number of nitrogens with two attached hydrogens (primary N) is 1. The van der Waals surface area contributed by atoms with E-state index in [4.69, 9.17) is 29.6 Å². The number of carbonyl (C=O) groups excluding carboxylic acids is 1. The lowest BCUT2D eigenvalue weighted by Gasteiger charge is -2.16. The fourth-order valence-corrected chi connectivity index (χ4v) is 1.85. The molecule has 1 rings (SSSR count). The predicted octanol–water partition coefficient (Wildman–Crippen LogP) is 2.30. The number of benzene rings is 1. The summed E-state index contributed by atoms with van der Waals surface area (Å²) < 4.78 is 0. The van der Waals surface area contributed by atoms with E-state index in [9.17, 15) is 4.79 Å². The quantitative estimate of drug-likeness (QED) is 0.705. The van der Waals surface area contributed by atoms with Crippen LogP contribution in [0.3, 0.4) is 0 Å². The van der Waals surface area contributed by atoms with Crippen molar-refractivity contribution in [1.29, 1.82) is 0 Å². The largest absolute Gasteiger partial charge is 0.389 e. The van der Waals surface area contributed by atoms with E-state index in [1.165, 1.54) is 0 Å². The molecule has 1 aromatic carbocycles. The van der Waals surface area contributed by atoms with Crippen molar-refractivity contribution in [3.63, 3.8) is 0 Å². The molecule has 104 valence electrons. The van der Waals surface area contributed by atoms with Gasteiger partial charge in [-0.3, -0.25) is 4.79 Å². The highest BCUT2D eigenvalue weighted by Crippen LogP contribution is 2.23. The average molecular weight is 300 g/mol. The zero-order chi connectivity index (χ0) is 14.4. The number of carbonyl (C=O) groups is 1. The van der Waals surface area contributed by atoms with Crippen molar-refractivity contribution in [3.8, 4) is 0 Å². The number of nitrogens with one attached hydrogen (secondary N) is 2. The number of thiocarbonyl (C=S) groups is 1. The van der Waals surface area contributed by atoms with Crippen LogP contribution in [0.2, 0.25) is 5.02 Å². The van der Waals surface area contributed by atoms with E-state index in [0.717, 1.165) is 6.42 Å². The molecule has 1 atom stereocenters.